The van der Waals surface area contributed by atoms with Gasteiger partial charge in [0.2, 0.25) is 0 Å². The highest BCUT2D eigenvalue weighted by atomic mass is 32.2. The van der Waals surface area contributed by atoms with Gasteiger partial charge in [-0.2, -0.15) is 0 Å². The number of aryl methyl sites for hydroxylation is 3. The van der Waals surface area contributed by atoms with Crippen molar-refractivity contribution in [3.05, 3.63) is 83.4 Å². The molecule has 1 N–H and O–H groups in total. The summed E-state index contributed by atoms with van der Waals surface area (Å²) < 4.78 is 27.5. The van der Waals surface area contributed by atoms with Gasteiger partial charge in [-0.1, -0.05) is 48.0 Å². The van der Waals surface area contributed by atoms with Crippen molar-refractivity contribution in [1.82, 2.24) is 0 Å². The molecule has 25 heavy (non-hydrogen) atoms. The third kappa shape index (κ3) is 3.91. The van der Waals surface area contributed by atoms with Crippen LogP contribution in [0.2, 0.25) is 0 Å². The van der Waals surface area contributed by atoms with E-state index < -0.39 is 10.0 Å². The molecule has 128 valence electrons. The number of rotatable bonds is 4. The minimum atomic E-state index is -3.57. The van der Waals surface area contributed by atoms with E-state index in [1.165, 1.54) is 11.1 Å². The lowest BCUT2D eigenvalue weighted by atomic mass is 10.0. The van der Waals surface area contributed by atoms with Gasteiger partial charge < -0.3 is 0 Å². The Bertz CT molecular complexity index is 989. The molecule has 0 amide bonds. The summed E-state index contributed by atoms with van der Waals surface area (Å²) in [5, 5.41) is 0. The molecule has 0 unspecified atom stereocenters. The average molecular weight is 351 g/mol. The lowest BCUT2D eigenvalue weighted by Gasteiger charge is -2.10. The Morgan fingerprint density at radius 3 is 1.88 bits per heavy atom. The zero-order valence-corrected chi connectivity index (χ0v) is 15.4. The van der Waals surface area contributed by atoms with Gasteiger partial charge in [0.1, 0.15) is 0 Å². The smallest absolute Gasteiger partial charge is 0.261 e. The van der Waals surface area contributed by atoms with Crippen LogP contribution in [-0.4, -0.2) is 8.42 Å². The molecule has 3 rings (SSSR count). The average Bonchev–Trinajstić information content (AvgIpc) is 2.58. The molecule has 3 nitrogen and oxygen atoms in total. The molecule has 0 fully saturated rings. The monoisotopic (exact) mass is 351 g/mol. The molecule has 0 aliphatic heterocycles. The van der Waals surface area contributed by atoms with Gasteiger partial charge in [0, 0.05) is 5.69 Å². The molecule has 4 heteroatoms. The van der Waals surface area contributed by atoms with Gasteiger partial charge in [-0.05, 0) is 67.3 Å². The van der Waals surface area contributed by atoms with E-state index in [0.29, 0.717) is 5.69 Å². The van der Waals surface area contributed by atoms with Gasteiger partial charge in [0.25, 0.3) is 10.0 Å². The van der Waals surface area contributed by atoms with Crippen LogP contribution in [-0.2, 0) is 10.0 Å². The van der Waals surface area contributed by atoms with E-state index in [9.17, 15) is 8.42 Å². The topological polar surface area (TPSA) is 46.2 Å². The number of anilines is 1. The zero-order chi connectivity index (χ0) is 18.0. The SMILES string of the molecule is Cc1ccc(S(=O)(=O)Nc2ccc(-c3ccc(C)c(C)c3)cc2)cc1. The largest absolute Gasteiger partial charge is 0.280 e. The first-order valence-corrected chi connectivity index (χ1v) is 9.61. The van der Waals surface area contributed by atoms with Gasteiger partial charge in [-0.15, -0.1) is 0 Å². The van der Waals surface area contributed by atoms with Crippen LogP contribution >= 0.6 is 0 Å². The molecule has 0 aromatic heterocycles. The summed E-state index contributed by atoms with van der Waals surface area (Å²) in [5.74, 6) is 0. The summed E-state index contributed by atoms with van der Waals surface area (Å²) in [6.45, 7) is 6.10. The van der Waals surface area contributed by atoms with E-state index in [1.807, 2.05) is 19.1 Å². The normalized spacial score (nSPS) is 11.3. The second-order valence-electron chi connectivity index (χ2n) is 6.29. The summed E-state index contributed by atoms with van der Waals surface area (Å²) in [4.78, 5) is 0.260. The maximum Gasteiger partial charge on any atom is 0.261 e. The predicted octanol–water partition coefficient (Wildman–Crippen LogP) is 5.08. The van der Waals surface area contributed by atoms with Gasteiger partial charge in [-0.25, -0.2) is 8.42 Å². The first-order chi connectivity index (χ1) is 11.8. The number of sulfonamides is 1. The van der Waals surface area contributed by atoms with Crippen molar-refractivity contribution >= 4 is 15.7 Å². The van der Waals surface area contributed by atoms with Crippen LogP contribution in [0.5, 0.6) is 0 Å². The Morgan fingerprint density at radius 2 is 1.28 bits per heavy atom. The summed E-state index contributed by atoms with van der Waals surface area (Å²) in [6, 6.07) is 20.5. The molecule has 0 saturated carbocycles. The Hall–Kier alpha value is -2.59. The minimum Gasteiger partial charge on any atom is -0.280 e. The Balaban J connectivity index is 1.82. The summed E-state index contributed by atoms with van der Waals surface area (Å²) in [7, 11) is -3.57. The van der Waals surface area contributed by atoms with Crippen LogP contribution in [0, 0.1) is 20.8 Å². The Kier molecular flexibility index (Phi) is 4.64. The summed E-state index contributed by atoms with van der Waals surface area (Å²) in [5.41, 5.74) is 6.25. The maximum absolute atomic E-state index is 12.4. The summed E-state index contributed by atoms with van der Waals surface area (Å²) in [6.07, 6.45) is 0. The molecule has 0 bridgehead atoms. The third-order valence-electron chi connectivity index (χ3n) is 4.31. The number of hydrogen-bond donors (Lipinski definition) is 1. The fourth-order valence-corrected chi connectivity index (χ4v) is 3.64. The summed E-state index contributed by atoms with van der Waals surface area (Å²) >= 11 is 0. The van der Waals surface area contributed by atoms with Crippen molar-refractivity contribution in [2.45, 2.75) is 25.7 Å². The molecule has 0 radical (unpaired) electrons. The van der Waals surface area contributed by atoms with Crippen molar-refractivity contribution in [1.29, 1.82) is 0 Å². The lowest BCUT2D eigenvalue weighted by Crippen LogP contribution is -2.12. The highest BCUT2D eigenvalue weighted by molar-refractivity contribution is 7.92. The Morgan fingerprint density at radius 1 is 0.680 bits per heavy atom. The molecule has 0 atom stereocenters. The molecular formula is C21H21NO2S. The Labute approximate surface area is 149 Å². The van der Waals surface area contributed by atoms with Crippen LogP contribution in [0.25, 0.3) is 11.1 Å². The first kappa shape index (κ1) is 17.2. The van der Waals surface area contributed by atoms with Gasteiger partial charge in [0.15, 0.2) is 0 Å². The number of nitrogens with one attached hydrogen (secondary N) is 1. The molecule has 3 aromatic carbocycles. The fraction of sp³-hybridized carbons (Fsp3) is 0.143. The van der Waals surface area contributed by atoms with Gasteiger partial charge in [0.05, 0.1) is 4.90 Å². The highest BCUT2D eigenvalue weighted by Crippen LogP contribution is 2.25. The van der Waals surface area contributed by atoms with E-state index in [-0.39, 0.29) is 4.90 Å². The molecule has 0 aliphatic carbocycles. The van der Waals surface area contributed by atoms with Crippen molar-refractivity contribution in [2.75, 3.05) is 4.72 Å². The molecule has 3 aromatic rings. The van der Waals surface area contributed by atoms with E-state index in [1.54, 1.807) is 36.4 Å². The molecule has 0 heterocycles. The molecular weight excluding hydrogens is 330 g/mol. The molecule has 0 saturated heterocycles. The van der Waals surface area contributed by atoms with E-state index in [0.717, 1.165) is 16.7 Å². The van der Waals surface area contributed by atoms with Crippen LogP contribution in [0.15, 0.2) is 71.6 Å². The highest BCUT2D eigenvalue weighted by Gasteiger charge is 2.13. The van der Waals surface area contributed by atoms with Crippen LogP contribution in [0.1, 0.15) is 16.7 Å². The van der Waals surface area contributed by atoms with Crippen LogP contribution in [0.3, 0.4) is 0 Å². The zero-order valence-electron chi connectivity index (χ0n) is 14.6. The van der Waals surface area contributed by atoms with Gasteiger partial charge in [-0.3, -0.25) is 4.72 Å². The first-order valence-electron chi connectivity index (χ1n) is 8.12. The van der Waals surface area contributed by atoms with Crippen molar-refractivity contribution in [3.63, 3.8) is 0 Å². The van der Waals surface area contributed by atoms with Crippen LogP contribution < -0.4 is 4.72 Å². The standard InChI is InChI=1S/C21H21NO2S/c1-15-4-12-21(13-5-15)25(23,24)22-20-10-8-18(9-11-20)19-7-6-16(2)17(3)14-19/h4-14,22H,1-3H3. The minimum absolute atomic E-state index is 0.260. The van der Waals surface area contributed by atoms with E-state index >= 15 is 0 Å². The second kappa shape index (κ2) is 6.73. The van der Waals surface area contributed by atoms with Crippen LogP contribution in [0.4, 0.5) is 5.69 Å². The lowest BCUT2D eigenvalue weighted by molar-refractivity contribution is 0.601. The number of benzene rings is 3. The predicted molar refractivity (Wildman–Crippen MR) is 103 cm³/mol. The molecule has 0 aliphatic rings. The van der Waals surface area contributed by atoms with E-state index in [2.05, 4.69) is 36.8 Å². The second-order valence-corrected chi connectivity index (χ2v) is 7.98. The third-order valence-corrected chi connectivity index (χ3v) is 5.71. The van der Waals surface area contributed by atoms with E-state index in [4.69, 9.17) is 0 Å². The maximum atomic E-state index is 12.4. The van der Waals surface area contributed by atoms with Crippen molar-refractivity contribution < 1.29 is 8.42 Å². The number of hydrogen-bond acceptors (Lipinski definition) is 2. The fourth-order valence-electron chi connectivity index (χ4n) is 2.58. The van der Waals surface area contributed by atoms with Crippen molar-refractivity contribution in [3.8, 4) is 11.1 Å². The van der Waals surface area contributed by atoms with Gasteiger partial charge >= 0.3 is 0 Å². The molecule has 0 spiro atoms. The van der Waals surface area contributed by atoms with Crippen molar-refractivity contribution in [2.24, 2.45) is 0 Å². The quantitative estimate of drug-likeness (QED) is 0.712.